The van der Waals surface area contributed by atoms with Crippen LogP contribution >= 0.6 is 0 Å². The number of para-hydroxylation sites is 2. The van der Waals surface area contributed by atoms with E-state index in [0.717, 1.165) is 60.4 Å². The Hall–Kier alpha value is -7.68. The van der Waals surface area contributed by atoms with Gasteiger partial charge < -0.3 is 8.83 Å². The number of benzene rings is 10. The zero-order chi connectivity index (χ0) is 38.9. The Labute approximate surface area is 341 Å². The van der Waals surface area contributed by atoms with Crippen LogP contribution in [-0.4, -0.2) is 0 Å². The molecule has 2 heteroatoms. The molecule has 0 radical (unpaired) electrons. The maximum atomic E-state index is 6.95. The molecule has 1 atom stereocenters. The van der Waals surface area contributed by atoms with Crippen molar-refractivity contribution in [3.63, 3.8) is 0 Å². The lowest BCUT2D eigenvalue weighted by atomic mass is 9.79. The van der Waals surface area contributed by atoms with E-state index in [4.69, 9.17) is 8.83 Å². The summed E-state index contributed by atoms with van der Waals surface area (Å²) in [6, 6.07) is 76.5. The molecule has 0 aliphatic rings. The fourth-order valence-electron chi connectivity index (χ4n) is 9.58. The van der Waals surface area contributed by atoms with Gasteiger partial charge >= 0.3 is 0 Å². The smallest absolute Gasteiger partial charge is 0.143 e. The molecule has 0 N–H and O–H groups in total. The van der Waals surface area contributed by atoms with Crippen LogP contribution in [0.4, 0.5) is 0 Å². The molecule has 2 heterocycles. The van der Waals surface area contributed by atoms with Crippen molar-refractivity contribution in [2.24, 2.45) is 0 Å². The molecule has 0 saturated heterocycles. The van der Waals surface area contributed by atoms with Crippen molar-refractivity contribution in [1.29, 1.82) is 0 Å². The molecule has 12 aromatic rings. The first-order valence-electron chi connectivity index (χ1n) is 20.3. The highest BCUT2D eigenvalue weighted by atomic mass is 16.3. The number of rotatable bonds is 6. The Bertz CT molecular complexity index is 3550. The van der Waals surface area contributed by atoms with Crippen LogP contribution in [0.5, 0.6) is 0 Å². The molecule has 12 rings (SSSR count). The van der Waals surface area contributed by atoms with Crippen LogP contribution in [0.15, 0.2) is 221 Å². The second-order valence-electron chi connectivity index (χ2n) is 15.5. The van der Waals surface area contributed by atoms with Gasteiger partial charge in [0.15, 0.2) is 0 Å². The maximum Gasteiger partial charge on any atom is 0.143 e. The zero-order valence-electron chi connectivity index (χ0n) is 32.1. The predicted molar refractivity (Wildman–Crippen MR) is 246 cm³/mol. The fraction of sp³-hybridized carbons (Fsp3) is 0.0175. The van der Waals surface area contributed by atoms with E-state index in [0.29, 0.717) is 0 Å². The van der Waals surface area contributed by atoms with Crippen molar-refractivity contribution in [1.82, 2.24) is 0 Å². The lowest BCUT2D eigenvalue weighted by Crippen LogP contribution is -2.06. The van der Waals surface area contributed by atoms with Gasteiger partial charge in [-0.05, 0) is 78.9 Å². The molecule has 59 heavy (non-hydrogen) atoms. The van der Waals surface area contributed by atoms with Gasteiger partial charge in [0, 0.05) is 38.4 Å². The molecule has 0 bridgehead atoms. The van der Waals surface area contributed by atoms with E-state index in [1.807, 2.05) is 12.1 Å². The van der Waals surface area contributed by atoms with E-state index in [1.54, 1.807) is 0 Å². The Morgan fingerprint density at radius 3 is 1.75 bits per heavy atom. The molecule has 0 aliphatic heterocycles. The third-order valence-electron chi connectivity index (χ3n) is 12.2. The van der Waals surface area contributed by atoms with Crippen LogP contribution in [0, 0.1) is 0 Å². The molecule has 0 spiro atoms. The first-order valence-corrected chi connectivity index (χ1v) is 20.3. The standard InChI is InChI=1S/C57H36O2/c1-2-15-36(16-3-1)41-20-6-8-23-46(41)54(39-33-31-38(32-34-39)42-25-13-27-48-45-22-10-11-29-52(45)58-56(42)48)49-28-14-30-53-55(49)51-35-50(44-21-7-9-24-47(44)57(51)59-53)43-26-12-18-37-17-4-5-19-40(37)43/h1-35,54H. The van der Waals surface area contributed by atoms with E-state index in [1.165, 1.54) is 55.1 Å². The first kappa shape index (κ1) is 33.5. The lowest BCUT2D eigenvalue weighted by molar-refractivity contribution is 0.670. The number of furan rings is 2. The zero-order valence-corrected chi connectivity index (χ0v) is 32.1. The number of fused-ring (bicyclic) bond motifs is 9. The summed E-state index contributed by atoms with van der Waals surface area (Å²) in [4.78, 5) is 0. The predicted octanol–water partition coefficient (Wildman–Crippen LogP) is 16.0. The van der Waals surface area contributed by atoms with E-state index in [-0.39, 0.29) is 5.92 Å². The van der Waals surface area contributed by atoms with Crippen LogP contribution in [0.25, 0.3) is 98.8 Å². The van der Waals surface area contributed by atoms with E-state index in [2.05, 4.69) is 200 Å². The Balaban J connectivity index is 1.11. The summed E-state index contributed by atoms with van der Waals surface area (Å²) in [6.07, 6.45) is 0. The van der Waals surface area contributed by atoms with Crippen LogP contribution < -0.4 is 0 Å². The Morgan fingerprint density at radius 1 is 0.305 bits per heavy atom. The Morgan fingerprint density at radius 2 is 0.864 bits per heavy atom. The maximum absolute atomic E-state index is 6.95. The van der Waals surface area contributed by atoms with Crippen molar-refractivity contribution < 1.29 is 8.83 Å². The second kappa shape index (κ2) is 13.5. The summed E-state index contributed by atoms with van der Waals surface area (Å²) >= 11 is 0. The average molecular weight is 753 g/mol. The minimum absolute atomic E-state index is 0.112. The lowest BCUT2D eigenvalue weighted by Gasteiger charge is -2.23. The van der Waals surface area contributed by atoms with Crippen molar-refractivity contribution >= 4 is 65.4 Å². The average Bonchev–Trinajstić information content (AvgIpc) is 3.89. The molecular weight excluding hydrogens is 717 g/mol. The van der Waals surface area contributed by atoms with E-state index < -0.39 is 0 Å². The highest BCUT2D eigenvalue weighted by Gasteiger charge is 2.26. The quantitative estimate of drug-likeness (QED) is 0.158. The second-order valence-corrected chi connectivity index (χ2v) is 15.5. The molecule has 0 saturated carbocycles. The highest BCUT2D eigenvalue weighted by molar-refractivity contribution is 6.21. The van der Waals surface area contributed by atoms with Crippen LogP contribution in [0.1, 0.15) is 22.6 Å². The third-order valence-corrected chi connectivity index (χ3v) is 12.2. The van der Waals surface area contributed by atoms with Gasteiger partial charge in [-0.25, -0.2) is 0 Å². The number of hydrogen-bond donors (Lipinski definition) is 0. The summed E-state index contributed by atoms with van der Waals surface area (Å²) in [5, 5.41) is 9.27. The van der Waals surface area contributed by atoms with Crippen LogP contribution in [0.3, 0.4) is 0 Å². The normalized spacial score (nSPS) is 12.3. The molecule has 276 valence electrons. The van der Waals surface area contributed by atoms with Gasteiger partial charge in [-0.2, -0.15) is 0 Å². The van der Waals surface area contributed by atoms with Gasteiger partial charge in [0.05, 0.1) is 0 Å². The molecule has 10 aromatic carbocycles. The molecule has 0 aliphatic carbocycles. The Kier molecular flexibility index (Phi) is 7.64. The van der Waals surface area contributed by atoms with Crippen LogP contribution in [-0.2, 0) is 0 Å². The summed E-state index contributed by atoms with van der Waals surface area (Å²) in [7, 11) is 0. The summed E-state index contributed by atoms with van der Waals surface area (Å²) in [6.45, 7) is 0. The van der Waals surface area contributed by atoms with Gasteiger partial charge in [0.25, 0.3) is 0 Å². The molecule has 0 amide bonds. The van der Waals surface area contributed by atoms with Crippen molar-refractivity contribution in [2.75, 3.05) is 0 Å². The largest absolute Gasteiger partial charge is 0.455 e. The summed E-state index contributed by atoms with van der Waals surface area (Å²) in [5.74, 6) is -0.112. The number of hydrogen-bond acceptors (Lipinski definition) is 2. The fourth-order valence-corrected chi connectivity index (χ4v) is 9.58. The minimum Gasteiger partial charge on any atom is -0.455 e. The van der Waals surface area contributed by atoms with E-state index >= 15 is 0 Å². The van der Waals surface area contributed by atoms with Gasteiger partial charge in [-0.15, -0.1) is 0 Å². The highest BCUT2D eigenvalue weighted by Crippen LogP contribution is 2.47. The molecule has 2 nitrogen and oxygen atoms in total. The van der Waals surface area contributed by atoms with Gasteiger partial charge in [-0.1, -0.05) is 194 Å². The van der Waals surface area contributed by atoms with Crippen LogP contribution in [0.2, 0.25) is 0 Å². The monoisotopic (exact) mass is 752 g/mol. The van der Waals surface area contributed by atoms with Crippen molar-refractivity contribution in [3.8, 4) is 33.4 Å². The van der Waals surface area contributed by atoms with Crippen molar-refractivity contribution in [2.45, 2.75) is 5.92 Å². The van der Waals surface area contributed by atoms with E-state index in [9.17, 15) is 0 Å². The summed E-state index contributed by atoms with van der Waals surface area (Å²) < 4.78 is 13.4. The molecule has 0 fully saturated rings. The van der Waals surface area contributed by atoms with Gasteiger partial charge in [0.1, 0.15) is 22.3 Å². The topological polar surface area (TPSA) is 26.3 Å². The minimum atomic E-state index is -0.112. The SMILES string of the molecule is c1ccc(-c2ccccc2C(c2ccc(-c3cccc4c3oc3ccccc34)cc2)c2cccc3oc4c5ccccc5c(-c5cccc6ccccc56)cc4c23)cc1. The first-order chi connectivity index (χ1) is 29.3. The third kappa shape index (κ3) is 5.34. The molecular formula is C57H36O2. The molecule has 2 aromatic heterocycles. The van der Waals surface area contributed by atoms with Crippen molar-refractivity contribution in [3.05, 3.63) is 229 Å². The molecule has 1 unspecified atom stereocenters. The summed E-state index contributed by atoms with van der Waals surface area (Å²) in [5.41, 5.74) is 14.3. The van der Waals surface area contributed by atoms with Gasteiger partial charge in [-0.3, -0.25) is 0 Å². The van der Waals surface area contributed by atoms with Gasteiger partial charge in [0.2, 0.25) is 0 Å².